The molecule has 0 N–H and O–H groups in total. The fourth-order valence-corrected chi connectivity index (χ4v) is 3.45. The Labute approximate surface area is 139 Å². The van der Waals surface area contributed by atoms with E-state index in [9.17, 15) is 9.59 Å². The molecule has 1 saturated heterocycles. The number of anilines is 1. The predicted molar refractivity (Wildman–Crippen MR) is 89.4 cm³/mol. The first-order valence-corrected chi connectivity index (χ1v) is 8.24. The first-order valence-electron chi connectivity index (χ1n) is 7.36. The molecule has 118 valence electrons. The van der Waals surface area contributed by atoms with Crippen LogP contribution in [-0.4, -0.2) is 27.0 Å². The number of thioether (sulfide) groups is 1. The molecule has 5 nitrogen and oxygen atoms in total. The lowest BCUT2D eigenvalue weighted by atomic mass is 10.1. The van der Waals surface area contributed by atoms with Gasteiger partial charge in [0.25, 0.3) is 0 Å². The number of rotatable bonds is 3. The molecule has 1 aromatic heterocycles. The van der Waals surface area contributed by atoms with Crippen LogP contribution in [0, 0.1) is 20.8 Å². The lowest BCUT2D eigenvalue weighted by Crippen LogP contribution is -2.31. The van der Waals surface area contributed by atoms with Gasteiger partial charge in [0.15, 0.2) is 5.16 Å². The molecule has 1 aliphatic heterocycles. The van der Waals surface area contributed by atoms with Gasteiger partial charge in [0, 0.05) is 18.3 Å². The molecular formula is C17H17N3O2S. The van der Waals surface area contributed by atoms with Crippen molar-refractivity contribution in [3.05, 3.63) is 47.3 Å². The van der Waals surface area contributed by atoms with Crippen LogP contribution in [0.2, 0.25) is 0 Å². The van der Waals surface area contributed by atoms with Crippen LogP contribution >= 0.6 is 11.8 Å². The summed E-state index contributed by atoms with van der Waals surface area (Å²) < 4.78 is 0. The number of aromatic nitrogens is 2. The molecule has 0 aliphatic carbocycles. The van der Waals surface area contributed by atoms with Crippen LogP contribution in [0.3, 0.4) is 0 Å². The number of imide groups is 1. The second-order valence-electron chi connectivity index (χ2n) is 5.63. The molecule has 0 radical (unpaired) electrons. The van der Waals surface area contributed by atoms with E-state index >= 15 is 0 Å². The maximum absolute atomic E-state index is 12.6. The van der Waals surface area contributed by atoms with E-state index in [0.29, 0.717) is 10.8 Å². The number of aryl methyl sites for hydroxylation is 3. The van der Waals surface area contributed by atoms with Gasteiger partial charge in [-0.1, -0.05) is 17.8 Å². The smallest absolute Gasteiger partial charge is 0.247 e. The van der Waals surface area contributed by atoms with Gasteiger partial charge in [0.1, 0.15) is 5.25 Å². The van der Waals surface area contributed by atoms with E-state index in [1.807, 2.05) is 39.0 Å². The van der Waals surface area contributed by atoms with Crippen LogP contribution in [0.4, 0.5) is 5.69 Å². The van der Waals surface area contributed by atoms with Gasteiger partial charge in [-0.3, -0.25) is 9.59 Å². The summed E-state index contributed by atoms with van der Waals surface area (Å²) in [6.07, 6.45) is 1.83. The lowest BCUT2D eigenvalue weighted by Gasteiger charge is -2.16. The zero-order chi connectivity index (χ0) is 16.6. The summed E-state index contributed by atoms with van der Waals surface area (Å²) in [5.74, 6) is -0.378. The van der Waals surface area contributed by atoms with Crippen LogP contribution in [-0.2, 0) is 9.59 Å². The molecule has 2 amide bonds. The van der Waals surface area contributed by atoms with Gasteiger partial charge in [-0.25, -0.2) is 14.9 Å². The number of hydrogen-bond acceptors (Lipinski definition) is 5. The van der Waals surface area contributed by atoms with E-state index in [1.54, 1.807) is 12.3 Å². The average Bonchev–Trinajstić information content (AvgIpc) is 2.77. The first-order chi connectivity index (χ1) is 11.0. The summed E-state index contributed by atoms with van der Waals surface area (Å²) >= 11 is 1.25. The molecule has 1 fully saturated rings. The molecule has 1 aromatic carbocycles. The maximum Gasteiger partial charge on any atom is 0.247 e. The van der Waals surface area contributed by atoms with Gasteiger partial charge in [-0.05, 0) is 50.1 Å². The normalized spacial score (nSPS) is 17.9. The molecule has 0 saturated carbocycles. The van der Waals surface area contributed by atoms with E-state index in [-0.39, 0.29) is 18.2 Å². The van der Waals surface area contributed by atoms with Crippen molar-refractivity contribution in [2.45, 2.75) is 37.6 Å². The summed E-state index contributed by atoms with van der Waals surface area (Å²) in [4.78, 5) is 34.7. The molecule has 3 rings (SSSR count). The van der Waals surface area contributed by atoms with Crippen LogP contribution in [0.5, 0.6) is 0 Å². The highest BCUT2D eigenvalue weighted by atomic mass is 32.2. The zero-order valence-corrected chi connectivity index (χ0v) is 14.1. The van der Waals surface area contributed by atoms with Gasteiger partial charge in [-0.15, -0.1) is 0 Å². The lowest BCUT2D eigenvalue weighted by molar-refractivity contribution is -0.121. The Morgan fingerprint density at radius 3 is 2.61 bits per heavy atom. The number of nitrogens with zero attached hydrogens (tertiary/aromatic N) is 3. The summed E-state index contributed by atoms with van der Waals surface area (Å²) in [5.41, 5.74) is 3.66. The molecule has 0 spiro atoms. The Morgan fingerprint density at radius 2 is 1.91 bits per heavy atom. The fraction of sp³-hybridized carbons (Fsp3) is 0.294. The fourth-order valence-electron chi connectivity index (χ4n) is 2.44. The molecule has 1 atom stereocenters. The van der Waals surface area contributed by atoms with Crippen molar-refractivity contribution in [2.75, 3.05) is 4.90 Å². The van der Waals surface area contributed by atoms with Crippen molar-refractivity contribution in [2.24, 2.45) is 0 Å². The van der Waals surface area contributed by atoms with Crippen molar-refractivity contribution in [3.63, 3.8) is 0 Å². The second-order valence-corrected chi connectivity index (χ2v) is 6.80. The van der Waals surface area contributed by atoms with Crippen LogP contribution < -0.4 is 4.90 Å². The summed E-state index contributed by atoms with van der Waals surface area (Å²) in [7, 11) is 0. The Kier molecular flexibility index (Phi) is 4.17. The molecule has 2 heterocycles. The SMILES string of the molecule is Cc1ccnc(S[C@@H]2CC(=O)N(c3ccc(C)c(C)c3)C2=O)n1. The Bertz CT molecular complexity index is 791. The van der Waals surface area contributed by atoms with Gasteiger partial charge >= 0.3 is 0 Å². The minimum absolute atomic E-state index is 0.174. The third kappa shape index (κ3) is 3.12. The maximum atomic E-state index is 12.6. The highest BCUT2D eigenvalue weighted by Crippen LogP contribution is 2.33. The Balaban J connectivity index is 1.83. The third-order valence-electron chi connectivity index (χ3n) is 3.87. The van der Waals surface area contributed by atoms with Crippen LogP contribution in [0.1, 0.15) is 23.2 Å². The molecule has 2 aromatic rings. The van der Waals surface area contributed by atoms with Gasteiger partial charge < -0.3 is 0 Å². The minimum atomic E-state index is -0.467. The van der Waals surface area contributed by atoms with E-state index in [1.165, 1.54) is 16.7 Å². The quantitative estimate of drug-likeness (QED) is 0.641. The van der Waals surface area contributed by atoms with Crippen LogP contribution in [0.15, 0.2) is 35.6 Å². The largest absolute Gasteiger partial charge is 0.274 e. The van der Waals surface area contributed by atoms with Crippen molar-refractivity contribution in [3.8, 4) is 0 Å². The van der Waals surface area contributed by atoms with E-state index in [0.717, 1.165) is 16.8 Å². The molecule has 0 unspecified atom stereocenters. The van der Waals surface area contributed by atoms with E-state index < -0.39 is 5.25 Å². The molecule has 23 heavy (non-hydrogen) atoms. The summed E-state index contributed by atoms with van der Waals surface area (Å²) in [5, 5.41) is 0.0593. The number of benzene rings is 1. The standard InChI is InChI=1S/C17H17N3O2S/c1-10-4-5-13(8-11(10)2)20-15(21)9-14(16(20)22)23-17-18-7-6-12(3)19-17/h4-8,14H,9H2,1-3H3/t14-/m1/s1. The number of amides is 2. The molecule has 6 heteroatoms. The first kappa shape index (κ1) is 15.7. The second kappa shape index (κ2) is 6.12. The monoisotopic (exact) mass is 327 g/mol. The van der Waals surface area contributed by atoms with Crippen molar-refractivity contribution < 1.29 is 9.59 Å². The van der Waals surface area contributed by atoms with Crippen molar-refractivity contribution in [1.29, 1.82) is 0 Å². The van der Waals surface area contributed by atoms with Gasteiger partial charge in [-0.2, -0.15) is 0 Å². The van der Waals surface area contributed by atoms with E-state index in [2.05, 4.69) is 9.97 Å². The molecular weight excluding hydrogens is 310 g/mol. The minimum Gasteiger partial charge on any atom is -0.274 e. The van der Waals surface area contributed by atoms with Gasteiger partial charge in [0.05, 0.1) is 5.69 Å². The number of carbonyl (C=O) groups excluding carboxylic acids is 2. The Morgan fingerprint density at radius 1 is 1.13 bits per heavy atom. The number of hydrogen-bond donors (Lipinski definition) is 0. The zero-order valence-electron chi connectivity index (χ0n) is 13.2. The van der Waals surface area contributed by atoms with Crippen LogP contribution in [0.25, 0.3) is 0 Å². The third-order valence-corrected chi connectivity index (χ3v) is 4.93. The summed E-state index contributed by atoms with van der Waals surface area (Å²) in [6, 6.07) is 7.41. The van der Waals surface area contributed by atoms with Crippen molar-refractivity contribution >= 4 is 29.3 Å². The van der Waals surface area contributed by atoms with Crippen molar-refractivity contribution in [1.82, 2.24) is 9.97 Å². The van der Waals surface area contributed by atoms with E-state index in [4.69, 9.17) is 0 Å². The topological polar surface area (TPSA) is 63.2 Å². The molecule has 1 aliphatic rings. The Hall–Kier alpha value is -2.21. The van der Waals surface area contributed by atoms with Gasteiger partial charge in [0.2, 0.25) is 11.8 Å². The molecule has 0 bridgehead atoms. The number of carbonyl (C=O) groups is 2. The average molecular weight is 327 g/mol. The summed E-state index contributed by atoms with van der Waals surface area (Å²) in [6.45, 7) is 5.84. The highest BCUT2D eigenvalue weighted by molar-refractivity contribution is 8.00. The predicted octanol–water partition coefficient (Wildman–Crippen LogP) is 2.83. The highest BCUT2D eigenvalue weighted by Gasteiger charge is 2.40.